The summed E-state index contributed by atoms with van der Waals surface area (Å²) < 4.78 is 6.56. The van der Waals surface area contributed by atoms with Crippen LogP contribution in [-0.2, 0) is 4.74 Å². The zero-order chi connectivity index (χ0) is 16.5. The Morgan fingerprint density at radius 1 is 1.21 bits per heavy atom. The lowest BCUT2D eigenvalue weighted by atomic mass is 10.1. The molecule has 1 unspecified atom stereocenters. The zero-order valence-electron chi connectivity index (χ0n) is 13.2. The van der Waals surface area contributed by atoms with Crippen molar-refractivity contribution in [1.82, 2.24) is 15.1 Å². The van der Waals surface area contributed by atoms with Crippen LogP contribution in [0.25, 0.3) is 5.70 Å². The Labute approximate surface area is 155 Å². The van der Waals surface area contributed by atoms with Gasteiger partial charge in [0.1, 0.15) is 6.17 Å². The highest BCUT2D eigenvalue weighted by Crippen LogP contribution is 2.33. The van der Waals surface area contributed by atoms with Crippen LogP contribution in [0.3, 0.4) is 0 Å². The molecule has 0 spiro atoms. The summed E-state index contributed by atoms with van der Waals surface area (Å²) in [5.74, 6) is 0. The Hall–Kier alpha value is -1.27. The van der Waals surface area contributed by atoms with Crippen molar-refractivity contribution in [2.24, 2.45) is 0 Å². The van der Waals surface area contributed by atoms with Gasteiger partial charge < -0.3 is 15.0 Å². The third-order valence-electron chi connectivity index (χ3n) is 4.50. The minimum absolute atomic E-state index is 0.160. The summed E-state index contributed by atoms with van der Waals surface area (Å²) >= 11 is 9.65. The van der Waals surface area contributed by atoms with E-state index in [0.29, 0.717) is 0 Å². The van der Waals surface area contributed by atoms with Gasteiger partial charge in [-0.2, -0.15) is 0 Å². The second kappa shape index (κ2) is 6.92. The molecule has 4 rings (SSSR count). The maximum atomic E-state index is 6.06. The molecule has 1 fully saturated rings. The fraction of sp³-hybridized carbons (Fsp3) is 0.333. The molecule has 3 aliphatic rings. The van der Waals surface area contributed by atoms with E-state index in [2.05, 4.69) is 61.5 Å². The van der Waals surface area contributed by atoms with Crippen LogP contribution < -0.4 is 5.32 Å². The van der Waals surface area contributed by atoms with Crippen molar-refractivity contribution < 1.29 is 4.74 Å². The Morgan fingerprint density at radius 3 is 2.71 bits per heavy atom. The van der Waals surface area contributed by atoms with E-state index in [-0.39, 0.29) is 6.17 Å². The quantitative estimate of drug-likeness (QED) is 0.830. The lowest BCUT2D eigenvalue weighted by molar-refractivity contribution is 0.0401. The smallest absolute Gasteiger partial charge is 0.123 e. The van der Waals surface area contributed by atoms with Crippen LogP contribution in [0.4, 0.5) is 0 Å². The number of allylic oxidation sites excluding steroid dienone is 2. The molecule has 3 aliphatic heterocycles. The summed E-state index contributed by atoms with van der Waals surface area (Å²) in [5, 5.41) is 4.40. The Kier molecular flexibility index (Phi) is 4.68. The summed E-state index contributed by atoms with van der Waals surface area (Å²) in [6.45, 7) is 4.45. The Balaban J connectivity index is 1.69. The molecule has 1 aromatic carbocycles. The molecule has 1 atom stereocenters. The molecule has 4 nitrogen and oxygen atoms in total. The van der Waals surface area contributed by atoms with Crippen LogP contribution in [0.5, 0.6) is 0 Å². The van der Waals surface area contributed by atoms with Crippen LogP contribution in [0.1, 0.15) is 5.56 Å². The standard InChI is InChI=1S/C18H19BrClN3O/c19-14-3-6-17-21-18(13-1-4-15(20)5-2-13)16(23(17)11-14)12-22-7-9-24-10-8-22/h1-6,11,17,21H,7-10,12H2. The number of rotatable bonds is 3. The molecule has 0 saturated carbocycles. The third-order valence-corrected chi connectivity index (χ3v) is 5.22. The maximum Gasteiger partial charge on any atom is 0.123 e. The fourth-order valence-corrected chi connectivity index (χ4v) is 3.75. The van der Waals surface area contributed by atoms with Gasteiger partial charge in [0.15, 0.2) is 0 Å². The number of halogens is 2. The van der Waals surface area contributed by atoms with E-state index in [9.17, 15) is 0 Å². The Morgan fingerprint density at radius 2 is 1.96 bits per heavy atom. The average molecular weight is 409 g/mol. The van der Waals surface area contributed by atoms with Crippen molar-refractivity contribution in [3.8, 4) is 0 Å². The maximum absolute atomic E-state index is 6.06. The van der Waals surface area contributed by atoms with E-state index in [1.165, 1.54) is 11.4 Å². The SMILES string of the molecule is Clc1ccc(C2=C(CN3CCOCC3)N3C=C(Br)C=CC3N2)cc1. The lowest BCUT2D eigenvalue weighted by Crippen LogP contribution is -2.40. The highest BCUT2D eigenvalue weighted by atomic mass is 79.9. The molecular weight excluding hydrogens is 390 g/mol. The van der Waals surface area contributed by atoms with Crippen molar-refractivity contribution in [3.05, 3.63) is 63.4 Å². The first kappa shape index (κ1) is 16.2. The summed E-state index contributed by atoms with van der Waals surface area (Å²) in [4.78, 5) is 4.75. The van der Waals surface area contributed by atoms with Crippen molar-refractivity contribution >= 4 is 33.2 Å². The lowest BCUT2D eigenvalue weighted by Gasteiger charge is -2.31. The van der Waals surface area contributed by atoms with Gasteiger partial charge in [0.25, 0.3) is 0 Å². The summed E-state index contributed by atoms with van der Waals surface area (Å²) in [6, 6.07) is 8.03. The molecule has 126 valence electrons. The van der Waals surface area contributed by atoms with E-state index >= 15 is 0 Å². The number of fused-ring (bicyclic) bond motifs is 1. The molecule has 6 heteroatoms. The van der Waals surface area contributed by atoms with Crippen molar-refractivity contribution in [1.29, 1.82) is 0 Å². The first-order valence-corrected chi connectivity index (χ1v) is 9.27. The predicted molar refractivity (Wildman–Crippen MR) is 101 cm³/mol. The monoisotopic (exact) mass is 407 g/mol. The van der Waals surface area contributed by atoms with Gasteiger partial charge in [-0.1, -0.05) is 23.7 Å². The first-order chi connectivity index (χ1) is 11.7. The van der Waals surface area contributed by atoms with E-state index in [1.807, 2.05) is 12.1 Å². The van der Waals surface area contributed by atoms with Gasteiger partial charge in [0.2, 0.25) is 0 Å². The number of hydrogen-bond donors (Lipinski definition) is 1. The van der Waals surface area contributed by atoms with E-state index in [1.54, 1.807) is 0 Å². The average Bonchev–Trinajstić information content (AvgIpc) is 2.94. The molecule has 1 saturated heterocycles. The molecule has 3 heterocycles. The number of hydrogen-bond acceptors (Lipinski definition) is 4. The highest BCUT2D eigenvalue weighted by molar-refractivity contribution is 9.11. The summed E-state index contributed by atoms with van der Waals surface area (Å²) in [6.07, 6.45) is 6.57. The van der Waals surface area contributed by atoms with E-state index in [4.69, 9.17) is 16.3 Å². The van der Waals surface area contributed by atoms with Crippen LogP contribution >= 0.6 is 27.5 Å². The summed E-state index contributed by atoms with van der Waals surface area (Å²) in [7, 11) is 0. The second-order valence-electron chi connectivity index (χ2n) is 6.09. The van der Waals surface area contributed by atoms with Crippen molar-refractivity contribution in [2.45, 2.75) is 6.17 Å². The molecule has 0 amide bonds. The van der Waals surface area contributed by atoms with Crippen LogP contribution in [0.2, 0.25) is 5.02 Å². The van der Waals surface area contributed by atoms with Gasteiger partial charge in [0.05, 0.1) is 24.6 Å². The van der Waals surface area contributed by atoms with Gasteiger partial charge in [0, 0.05) is 35.3 Å². The van der Waals surface area contributed by atoms with Gasteiger partial charge in [-0.05, 0) is 45.8 Å². The second-order valence-corrected chi connectivity index (χ2v) is 7.44. The topological polar surface area (TPSA) is 27.7 Å². The van der Waals surface area contributed by atoms with Gasteiger partial charge in [-0.3, -0.25) is 4.90 Å². The number of ether oxygens (including phenoxy) is 1. The molecule has 1 aromatic rings. The largest absolute Gasteiger partial charge is 0.379 e. The van der Waals surface area contributed by atoms with Gasteiger partial charge >= 0.3 is 0 Å². The minimum atomic E-state index is 0.160. The molecule has 0 bridgehead atoms. The van der Waals surface area contributed by atoms with Gasteiger partial charge in [-0.25, -0.2) is 0 Å². The fourth-order valence-electron chi connectivity index (χ4n) is 3.25. The first-order valence-electron chi connectivity index (χ1n) is 8.10. The van der Waals surface area contributed by atoms with Crippen molar-refractivity contribution in [2.75, 3.05) is 32.8 Å². The number of benzene rings is 1. The molecule has 24 heavy (non-hydrogen) atoms. The normalized spacial score (nSPS) is 24.0. The number of nitrogens with one attached hydrogen (secondary N) is 1. The zero-order valence-corrected chi connectivity index (χ0v) is 15.6. The molecule has 0 aromatic heterocycles. The van der Waals surface area contributed by atoms with E-state index in [0.717, 1.165) is 47.9 Å². The minimum Gasteiger partial charge on any atom is -0.379 e. The van der Waals surface area contributed by atoms with Crippen molar-refractivity contribution in [3.63, 3.8) is 0 Å². The molecule has 0 radical (unpaired) electrons. The predicted octanol–water partition coefficient (Wildman–Crippen LogP) is 3.38. The Bertz CT molecular complexity index is 707. The number of nitrogens with zero attached hydrogens (tertiary/aromatic N) is 2. The van der Waals surface area contributed by atoms with Crippen LogP contribution in [0.15, 0.2) is 52.8 Å². The molecular formula is C18H19BrClN3O. The van der Waals surface area contributed by atoms with E-state index < -0.39 is 0 Å². The molecule has 1 N–H and O–H groups in total. The third kappa shape index (κ3) is 3.26. The van der Waals surface area contributed by atoms with Crippen LogP contribution in [-0.4, -0.2) is 48.8 Å². The van der Waals surface area contributed by atoms with Gasteiger partial charge in [-0.15, -0.1) is 0 Å². The summed E-state index contributed by atoms with van der Waals surface area (Å²) in [5.41, 5.74) is 3.62. The highest BCUT2D eigenvalue weighted by Gasteiger charge is 2.32. The van der Waals surface area contributed by atoms with Crippen LogP contribution in [0, 0.1) is 0 Å². The number of morpholine rings is 1. The molecule has 0 aliphatic carbocycles.